The molecule has 0 aliphatic heterocycles. The number of ketones is 3. The molecule has 11 aromatic rings. The number of benzene rings is 7. The summed E-state index contributed by atoms with van der Waals surface area (Å²) in [4.78, 5) is 88.4. The van der Waals surface area contributed by atoms with Crippen LogP contribution in [0.2, 0.25) is 0 Å². The molecule has 0 saturated carbocycles. The Morgan fingerprint density at radius 2 is 0.654 bits per heavy atom. The number of hydrogen-bond acceptors (Lipinski definition) is 10. The van der Waals surface area contributed by atoms with Gasteiger partial charge in [-0.2, -0.15) is 20.4 Å². The van der Waals surface area contributed by atoms with Crippen LogP contribution in [0.25, 0.3) is 22.7 Å². The monoisotopic (exact) mass is 1070 g/mol. The zero-order valence-electron chi connectivity index (χ0n) is 44.2. The van der Waals surface area contributed by atoms with E-state index in [-0.39, 0.29) is 56.3 Å². The lowest BCUT2D eigenvalue weighted by Crippen LogP contribution is -2.19. The number of nitrogens with zero attached hydrogens (tertiary/aromatic N) is 8. The van der Waals surface area contributed by atoms with Gasteiger partial charge in [0, 0.05) is 41.2 Å². The van der Waals surface area contributed by atoms with E-state index < -0.39 is 35.1 Å². The Bertz CT molecular complexity index is 4200. The molecule has 0 atom stereocenters. The van der Waals surface area contributed by atoms with Gasteiger partial charge in [-0.1, -0.05) is 108 Å². The molecule has 0 aliphatic rings. The molecule has 0 bridgehead atoms. The summed E-state index contributed by atoms with van der Waals surface area (Å²) in [5.74, 6) is -4.12. The second-order valence-electron chi connectivity index (χ2n) is 19.2. The Labute approximate surface area is 464 Å². The maximum Gasteiger partial charge on any atom is 0.276 e. The van der Waals surface area contributed by atoms with Crippen molar-refractivity contribution in [2.75, 3.05) is 16.0 Å². The van der Waals surface area contributed by atoms with Crippen molar-refractivity contribution < 1.29 is 28.8 Å². The molecule has 0 radical (unpaired) electrons. The van der Waals surface area contributed by atoms with Crippen molar-refractivity contribution in [2.45, 2.75) is 27.7 Å². The summed E-state index contributed by atoms with van der Waals surface area (Å²) in [6.07, 6.45) is 4.36. The van der Waals surface area contributed by atoms with Gasteiger partial charge in [0.25, 0.3) is 17.7 Å². The molecule has 4 aromatic heterocycles. The van der Waals surface area contributed by atoms with Crippen molar-refractivity contribution >= 4 is 52.1 Å². The first-order valence-electron chi connectivity index (χ1n) is 25.7. The third-order valence-electron chi connectivity index (χ3n) is 13.4. The molecule has 0 saturated heterocycles. The lowest BCUT2D eigenvalue weighted by Gasteiger charge is -2.08. The highest BCUT2D eigenvalue weighted by Gasteiger charge is 2.35. The van der Waals surface area contributed by atoms with E-state index in [0.717, 1.165) is 16.7 Å². The summed E-state index contributed by atoms with van der Waals surface area (Å²) in [5, 5.41) is 27.2. The molecule has 0 spiro atoms. The molecule has 3 amide bonds. The topological polar surface area (TPSA) is 210 Å². The van der Waals surface area contributed by atoms with E-state index in [2.05, 4.69) is 31.2 Å². The normalized spacial score (nSPS) is 11.0. The smallest absolute Gasteiger partial charge is 0.276 e. The third kappa shape index (κ3) is 10.8. The maximum atomic E-state index is 15.7. The number of aromatic nitrogens is 8. The minimum absolute atomic E-state index is 0.0318. The van der Waals surface area contributed by atoms with E-state index >= 15 is 9.59 Å². The van der Waals surface area contributed by atoms with Gasteiger partial charge in [0.15, 0.2) is 22.9 Å². The highest BCUT2D eigenvalue weighted by Crippen LogP contribution is 2.29. The van der Waals surface area contributed by atoms with Crippen LogP contribution in [0.1, 0.15) is 102 Å². The van der Waals surface area contributed by atoms with Gasteiger partial charge >= 0.3 is 0 Å². The standard InChI is InChI=1S/C64H49N11O6/c1-39-20-28-47(29-21-39)72-36-51(55(68-72)62(79)65-44-14-8-5-9-15-44)59(76)43-26-34-50(35-27-43)75-42(4)54(60(77)52-37-73(48-30-22-40(2)23-31-48)69-56(52)63(80)66-45-16-10-6-11-17-45)58(71-75)61(78)53-38-74(49-32-24-41(3)25-33-49)70-57(53)64(81)67-46-18-12-7-13-19-46/h5-38H,1-4H3,(H,65,79)(H,66,80)(H,67,81). The van der Waals surface area contributed by atoms with Crippen LogP contribution >= 0.6 is 0 Å². The van der Waals surface area contributed by atoms with E-state index in [1.54, 1.807) is 140 Å². The summed E-state index contributed by atoms with van der Waals surface area (Å²) in [6, 6.07) is 54.6. The van der Waals surface area contributed by atoms with Crippen LogP contribution in [0, 0.1) is 27.7 Å². The van der Waals surface area contributed by atoms with Gasteiger partial charge in [-0.15, -0.1) is 0 Å². The number of para-hydroxylation sites is 3. The number of carbonyl (C=O) groups is 6. The minimum atomic E-state index is -0.836. The summed E-state index contributed by atoms with van der Waals surface area (Å²) in [7, 11) is 0. The average Bonchev–Trinajstić information content (AvgIpc) is 4.52. The van der Waals surface area contributed by atoms with Gasteiger partial charge in [-0.25, -0.2) is 18.7 Å². The van der Waals surface area contributed by atoms with E-state index in [4.69, 9.17) is 5.10 Å². The minimum Gasteiger partial charge on any atom is -0.321 e. The molecule has 0 unspecified atom stereocenters. The Kier molecular flexibility index (Phi) is 14.1. The number of anilines is 3. The molecule has 7 aromatic carbocycles. The average molecular weight is 1070 g/mol. The Balaban J connectivity index is 1.03. The van der Waals surface area contributed by atoms with Gasteiger partial charge in [0.05, 0.1) is 50.7 Å². The SMILES string of the molecule is Cc1ccc(-n2cc(C(=O)c3ccc(-n4nc(C(=O)c5cn(-c6ccc(C)cc6)nc5C(=O)Nc5ccccc5)c(C(=O)c5cn(-c6ccc(C)cc6)nc5C(=O)Nc5ccccc5)c4C)cc3)c(C(=O)Nc3ccccc3)n2)cc1. The van der Waals surface area contributed by atoms with Crippen LogP contribution in [0.15, 0.2) is 207 Å². The first kappa shape index (κ1) is 51.9. The first-order chi connectivity index (χ1) is 39.3. The van der Waals surface area contributed by atoms with Crippen molar-refractivity contribution in [1.82, 2.24) is 39.1 Å². The van der Waals surface area contributed by atoms with E-state index in [9.17, 15) is 19.2 Å². The second kappa shape index (κ2) is 22.0. The lowest BCUT2D eigenvalue weighted by atomic mass is 9.97. The van der Waals surface area contributed by atoms with Crippen LogP contribution in [-0.2, 0) is 0 Å². The largest absolute Gasteiger partial charge is 0.321 e. The highest BCUT2D eigenvalue weighted by molar-refractivity contribution is 6.24. The second-order valence-corrected chi connectivity index (χ2v) is 19.2. The summed E-state index contributed by atoms with van der Waals surface area (Å²) < 4.78 is 5.69. The highest BCUT2D eigenvalue weighted by atomic mass is 16.2. The van der Waals surface area contributed by atoms with Crippen molar-refractivity contribution in [3.05, 3.63) is 280 Å². The van der Waals surface area contributed by atoms with Crippen molar-refractivity contribution in [3.63, 3.8) is 0 Å². The zero-order valence-corrected chi connectivity index (χ0v) is 44.2. The van der Waals surface area contributed by atoms with Gasteiger partial charge in [0.2, 0.25) is 11.6 Å². The fourth-order valence-corrected chi connectivity index (χ4v) is 9.10. The predicted molar refractivity (Wildman–Crippen MR) is 307 cm³/mol. The quantitative estimate of drug-likeness (QED) is 0.0780. The zero-order chi connectivity index (χ0) is 56.3. The number of hydrogen-bond donors (Lipinski definition) is 3. The van der Waals surface area contributed by atoms with E-state index in [0.29, 0.717) is 39.8 Å². The van der Waals surface area contributed by atoms with Crippen molar-refractivity contribution in [1.29, 1.82) is 0 Å². The molecule has 11 rings (SSSR count). The van der Waals surface area contributed by atoms with Gasteiger partial charge < -0.3 is 16.0 Å². The third-order valence-corrected chi connectivity index (χ3v) is 13.4. The van der Waals surface area contributed by atoms with Gasteiger partial charge in [-0.3, -0.25) is 28.8 Å². The van der Waals surface area contributed by atoms with Crippen LogP contribution in [0.5, 0.6) is 0 Å². The Morgan fingerprint density at radius 1 is 0.333 bits per heavy atom. The molecule has 0 aliphatic carbocycles. The molecule has 3 N–H and O–H groups in total. The molecular formula is C64H49N11O6. The number of rotatable bonds is 16. The number of amides is 3. The molecular weight excluding hydrogens is 1020 g/mol. The molecule has 17 nitrogen and oxygen atoms in total. The molecule has 17 heteroatoms. The summed E-state index contributed by atoms with van der Waals surface area (Å²) in [5.41, 5.74) is 5.30. The molecule has 81 heavy (non-hydrogen) atoms. The Hall–Kier alpha value is -11.2. The summed E-state index contributed by atoms with van der Waals surface area (Å²) in [6.45, 7) is 7.40. The van der Waals surface area contributed by atoms with Crippen molar-refractivity contribution in [3.8, 4) is 22.7 Å². The van der Waals surface area contributed by atoms with E-state index in [1.807, 2.05) is 75.4 Å². The maximum absolute atomic E-state index is 15.7. The van der Waals surface area contributed by atoms with Crippen LogP contribution in [0.3, 0.4) is 0 Å². The van der Waals surface area contributed by atoms with Crippen LogP contribution in [-0.4, -0.2) is 74.2 Å². The fourth-order valence-electron chi connectivity index (χ4n) is 9.10. The molecule has 0 fully saturated rings. The summed E-state index contributed by atoms with van der Waals surface area (Å²) >= 11 is 0. The van der Waals surface area contributed by atoms with Gasteiger partial charge in [-0.05, 0) is 125 Å². The van der Waals surface area contributed by atoms with Crippen LogP contribution in [0.4, 0.5) is 17.1 Å². The fraction of sp³-hybridized carbons (Fsp3) is 0.0625. The van der Waals surface area contributed by atoms with Crippen LogP contribution < -0.4 is 16.0 Å². The van der Waals surface area contributed by atoms with Gasteiger partial charge in [0.1, 0.15) is 5.69 Å². The molecule has 4 heterocycles. The first-order valence-corrected chi connectivity index (χ1v) is 25.7. The molecule has 396 valence electrons. The lowest BCUT2D eigenvalue weighted by molar-refractivity contribution is 0.0981. The predicted octanol–water partition coefficient (Wildman–Crippen LogP) is 11.1. The Morgan fingerprint density at radius 3 is 1.01 bits per heavy atom. The number of carbonyl (C=O) groups excluding carboxylic acids is 6. The van der Waals surface area contributed by atoms with Crippen molar-refractivity contribution in [2.24, 2.45) is 0 Å². The van der Waals surface area contributed by atoms with E-state index in [1.165, 1.54) is 37.3 Å². The number of nitrogens with one attached hydrogen (secondary N) is 3. The number of aryl methyl sites for hydroxylation is 3.